The summed E-state index contributed by atoms with van der Waals surface area (Å²) in [4.78, 5) is 13.7. The number of aryl methyl sites for hydroxylation is 1. The Kier molecular flexibility index (Phi) is 2.63. The summed E-state index contributed by atoms with van der Waals surface area (Å²) >= 11 is 0. The molecule has 1 heterocycles. The number of nitrogens with two attached hydrogens (primary N) is 1. The topological polar surface area (TPSA) is 58.4 Å². The number of fused-ring (bicyclic) bond motifs is 1. The van der Waals surface area contributed by atoms with Crippen LogP contribution >= 0.6 is 0 Å². The monoisotopic (exact) mass is 253 g/mol. The van der Waals surface area contributed by atoms with Crippen LogP contribution in [0.1, 0.15) is 5.56 Å². The fraction of sp³-hybridized carbons (Fsp3) is 0.133. The first-order chi connectivity index (χ1) is 9.15. The largest absolute Gasteiger partial charge is 0.397 e. The molecule has 0 saturated carbocycles. The lowest BCUT2D eigenvalue weighted by molar-refractivity contribution is -0.115. The summed E-state index contributed by atoms with van der Waals surface area (Å²) in [5.74, 6) is -0.0290. The third kappa shape index (κ3) is 2.01. The molecule has 0 aromatic heterocycles. The highest BCUT2D eigenvalue weighted by Gasteiger charge is 2.23. The maximum Gasteiger partial charge on any atom is 0.244 e. The summed E-state index contributed by atoms with van der Waals surface area (Å²) < 4.78 is 0. The molecule has 1 amide bonds. The molecule has 0 radical (unpaired) electrons. The zero-order valence-electron chi connectivity index (χ0n) is 10.7. The fourth-order valence-electron chi connectivity index (χ4n) is 2.37. The van der Waals surface area contributed by atoms with Gasteiger partial charge in [0, 0.05) is 0 Å². The van der Waals surface area contributed by atoms with Crippen LogP contribution in [0.5, 0.6) is 0 Å². The SMILES string of the molecule is Cc1ccc(N2CC(=O)Nc3ccccc32)c(N)c1. The number of rotatable bonds is 1. The molecular formula is C15H15N3O. The summed E-state index contributed by atoms with van der Waals surface area (Å²) in [7, 11) is 0. The number of nitrogen functional groups attached to an aromatic ring is 1. The lowest BCUT2D eigenvalue weighted by atomic mass is 10.1. The predicted octanol–water partition coefficient (Wildman–Crippen LogP) is 2.67. The van der Waals surface area contributed by atoms with Crippen molar-refractivity contribution in [1.29, 1.82) is 0 Å². The van der Waals surface area contributed by atoms with Crippen LogP contribution < -0.4 is 16.0 Å². The van der Waals surface area contributed by atoms with Crippen molar-refractivity contribution in [3.05, 3.63) is 48.0 Å². The average molecular weight is 253 g/mol. The van der Waals surface area contributed by atoms with Gasteiger partial charge in [0.05, 0.1) is 22.7 Å². The molecule has 4 nitrogen and oxygen atoms in total. The molecule has 3 N–H and O–H groups in total. The number of anilines is 4. The predicted molar refractivity (Wildman–Crippen MR) is 77.7 cm³/mol. The minimum absolute atomic E-state index is 0.0290. The van der Waals surface area contributed by atoms with Gasteiger partial charge < -0.3 is 16.0 Å². The molecule has 0 fully saturated rings. The summed E-state index contributed by atoms with van der Waals surface area (Å²) in [5, 5.41) is 2.87. The van der Waals surface area contributed by atoms with E-state index >= 15 is 0 Å². The molecule has 1 aliphatic rings. The van der Waals surface area contributed by atoms with Crippen LogP contribution in [0.25, 0.3) is 0 Å². The number of carbonyl (C=O) groups is 1. The number of carbonyl (C=O) groups excluding carboxylic acids is 1. The fourth-order valence-corrected chi connectivity index (χ4v) is 2.37. The third-order valence-electron chi connectivity index (χ3n) is 3.24. The Balaban J connectivity index is 2.12. The molecule has 19 heavy (non-hydrogen) atoms. The van der Waals surface area contributed by atoms with E-state index in [4.69, 9.17) is 5.73 Å². The lowest BCUT2D eigenvalue weighted by Crippen LogP contribution is -2.35. The van der Waals surface area contributed by atoms with Gasteiger partial charge in [0.15, 0.2) is 0 Å². The van der Waals surface area contributed by atoms with E-state index in [2.05, 4.69) is 5.32 Å². The molecule has 3 rings (SSSR count). The van der Waals surface area contributed by atoms with E-state index in [-0.39, 0.29) is 12.5 Å². The van der Waals surface area contributed by atoms with Crippen LogP contribution in [0.3, 0.4) is 0 Å². The van der Waals surface area contributed by atoms with E-state index < -0.39 is 0 Å². The van der Waals surface area contributed by atoms with Gasteiger partial charge in [0.2, 0.25) is 5.91 Å². The van der Waals surface area contributed by atoms with Gasteiger partial charge in [-0.05, 0) is 36.8 Å². The van der Waals surface area contributed by atoms with Crippen LogP contribution in [0, 0.1) is 6.92 Å². The van der Waals surface area contributed by atoms with Gasteiger partial charge >= 0.3 is 0 Å². The van der Waals surface area contributed by atoms with Crippen LogP contribution in [0.4, 0.5) is 22.7 Å². The number of nitrogens with one attached hydrogen (secondary N) is 1. The third-order valence-corrected chi connectivity index (χ3v) is 3.24. The molecule has 0 spiro atoms. The number of hydrogen-bond acceptors (Lipinski definition) is 3. The van der Waals surface area contributed by atoms with Gasteiger partial charge in [-0.25, -0.2) is 0 Å². The zero-order chi connectivity index (χ0) is 13.4. The molecule has 0 unspecified atom stereocenters. The van der Waals surface area contributed by atoms with E-state index in [0.29, 0.717) is 5.69 Å². The highest BCUT2D eigenvalue weighted by atomic mass is 16.2. The maximum atomic E-state index is 11.8. The second-order valence-corrected chi connectivity index (χ2v) is 4.71. The van der Waals surface area contributed by atoms with Gasteiger partial charge in [0.25, 0.3) is 0 Å². The van der Waals surface area contributed by atoms with Crippen LogP contribution in [-0.4, -0.2) is 12.5 Å². The number of benzene rings is 2. The van der Waals surface area contributed by atoms with E-state index in [1.807, 2.05) is 54.3 Å². The number of nitrogens with zero attached hydrogens (tertiary/aromatic N) is 1. The minimum Gasteiger partial charge on any atom is -0.397 e. The summed E-state index contributed by atoms with van der Waals surface area (Å²) in [6.45, 7) is 2.28. The average Bonchev–Trinajstić information content (AvgIpc) is 2.38. The van der Waals surface area contributed by atoms with Crippen LogP contribution in [-0.2, 0) is 4.79 Å². The quantitative estimate of drug-likeness (QED) is 0.768. The van der Waals surface area contributed by atoms with E-state index in [1.54, 1.807) is 0 Å². The second kappa shape index (κ2) is 4.31. The molecule has 4 heteroatoms. The highest BCUT2D eigenvalue weighted by molar-refractivity contribution is 6.04. The van der Waals surface area contributed by atoms with Crippen molar-refractivity contribution in [2.75, 3.05) is 22.5 Å². The molecular weight excluding hydrogens is 238 g/mol. The Morgan fingerprint density at radius 1 is 1.16 bits per heavy atom. The number of hydrogen-bond donors (Lipinski definition) is 2. The first kappa shape index (κ1) is 11.6. The Hall–Kier alpha value is -2.49. The molecule has 2 aromatic rings. The Labute approximate surface area is 111 Å². The maximum absolute atomic E-state index is 11.8. The second-order valence-electron chi connectivity index (χ2n) is 4.71. The normalized spacial score (nSPS) is 13.9. The molecule has 0 atom stereocenters. The van der Waals surface area contributed by atoms with Crippen molar-refractivity contribution in [3.63, 3.8) is 0 Å². The Morgan fingerprint density at radius 2 is 1.95 bits per heavy atom. The number of para-hydroxylation sites is 2. The van der Waals surface area contributed by atoms with E-state index in [9.17, 15) is 4.79 Å². The molecule has 0 saturated heterocycles. The van der Waals surface area contributed by atoms with Crippen molar-refractivity contribution in [1.82, 2.24) is 0 Å². The van der Waals surface area contributed by atoms with Gasteiger partial charge in [-0.1, -0.05) is 18.2 Å². The van der Waals surface area contributed by atoms with E-state index in [1.165, 1.54) is 0 Å². The molecule has 0 aliphatic carbocycles. The first-order valence-corrected chi connectivity index (χ1v) is 6.18. The highest BCUT2D eigenvalue weighted by Crippen LogP contribution is 2.37. The van der Waals surface area contributed by atoms with Gasteiger partial charge in [-0.2, -0.15) is 0 Å². The van der Waals surface area contributed by atoms with Gasteiger partial charge in [0.1, 0.15) is 6.54 Å². The summed E-state index contributed by atoms with van der Waals surface area (Å²) in [5.41, 5.74) is 10.5. The van der Waals surface area contributed by atoms with Crippen molar-refractivity contribution in [3.8, 4) is 0 Å². The van der Waals surface area contributed by atoms with Crippen molar-refractivity contribution in [2.24, 2.45) is 0 Å². The minimum atomic E-state index is -0.0290. The molecule has 96 valence electrons. The van der Waals surface area contributed by atoms with Crippen molar-refractivity contribution < 1.29 is 4.79 Å². The van der Waals surface area contributed by atoms with Crippen LogP contribution in [0.2, 0.25) is 0 Å². The Morgan fingerprint density at radius 3 is 2.74 bits per heavy atom. The van der Waals surface area contributed by atoms with Crippen LogP contribution in [0.15, 0.2) is 42.5 Å². The van der Waals surface area contributed by atoms with Crippen molar-refractivity contribution in [2.45, 2.75) is 6.92 Å². The lowest BCUT2D eigenvalue weighted by Gasteiger charge is -2.31. The zero-order valence-corrected chi connectivity index (χ0v) is 10.7. The van der Waals surface area contributed by atoms with Gasteiger partial charge in [-0.15, -0.1) is 0 Å². The summed E-state index contributed by atoms with van der Waals surface area (Å²) in [6.07, 6.45) is 0. The van der Waals surface area contributed by atoms with Gasteiger partial charge in [-0.3, -0.25) is 4.79 Å². The van der Waals surface area contributed by atoms with E-state index in [0.717, 1.165) is 22.6 Å². The molecule has 1 aliphatic heterocycles. The smallest absolute Gasteiger partial charge is 0.244 e. The Bertz CT molecular complexity index is 652. The summed E-state index contributed by atoms with van der Waals surface area (Å²) in [6, 6.07) is 13.6. The standard InChI is InChI=1S/C15H15N3O/c1-10-6-7-13(11(16)8-10)18-9-15(19)17-12-4-2-3-5-14(12)18/h2-8H,9,16H2,1H3,(H,17,19). The first-order valence-electron chi connectivity index (χ1n) is 6.18. The molecule has 0 bridgehead atoms. The van der Waals surface area contributed by atoms with Crippen molar-refractivity contribution >= 4 is 28.7 Å². The number of amides is 1. The molecule has 2 aromatic carbocycles.